The third-order valence-electron chi connectivity index (χ3n) is 4.74. The van der Waals surface area contributed by atoms with Crippen LogP contribution in [-0.2, 0) is 11.2 Å². The van der Waals surface area contributed by atoms with Crippen molar-refractivity contribution in [3.63, 3.8) is 0 Å². The number of hydrogen-bond acceptors (Lipinski definition) is 6. The van der Waals surface area contributed by atoms with Crippen molar-refractivity contribution >= 4 is 17.2 Å². The van der Waals surface area contributed by atoms with Gasteiger partial charge < -0.3 is 10.1 Å². The van der Waals surface area contributed by atoms with Gasteiger partial charge in [0.2, 0.25) is 5.95 Å². The van der Waals surface area contributed by atoms with Gasteiger partial charge in [-0.3, -0.25) is 0 Å². The number of rotatable bonds is 3. The highest BCUT2D eigenvalue weighted by atomic mass is 16.5. The van der Waals surface area contributed by atoms with Crippen molar-refractivity contribution in [2.45, 2.75) is 25.3 Å². The van der Waals surface area contributed by atoms with Crippen LogP contribution in [0.4, 0.5) is 5.95 Å². The van der Waals surface area contributed by atoms with E-state index < -0.39 is 0 Å². The highest BCUT2D eigenvalue weighted by molar-refractivity contribution is 5.82. The van der Waals surface area contributed by atoms with E-state index in [1.165, 1.54) is 0 Å². The van der Waals surface area contributed by atoms with E-state index in [9.17, 15) is 0 Å². The largest absolute Gasteiger partial charge is 0.381 e. The fourth-order valence-electron chi connectivity index (χ4n) is 3.40. The zero-order valence-corrected chi connectivity index (χ0v) is 13.7. The van der Waals surface area contributed by atoms with Crippen molar-refractivity contribution in [1.29, 1.82) is 0 Å². The summed E-state index contributed by atoms with van der Waals surface area (Å²) in [5.41, 5.74) is 4.95. The quantitative estimate of drug-likeness (QED) is 0.790. The Morgan fingerprint density at radius 1 is 1.16 bits per heavy atom. The zero-order valence-electron chi connectivity index (χ0n) is 13.7. The number of hydrogen-bond donors (Lipinski definition) is 1. The summed E-state index contributed by atoms with van der Waals surface area (Å²) in [7, 11) is 0. The highest BCUT2D eigenvalue weighted by Crippen LogP contribution is 2.31. The van der Waals surface area contributed by atoms with Crippen LogP contribution in [0.1, 0.15) is 29.8 Å². The molecule has 0 bridgehead atoms. The van der Waals surface area contributed by atoms with Crippen LogP contribution in [0.5, 0.6) is 0 Å². The van der Waals surface area contributed by atoms with Crippen LogP contribution in [0.25, 0.3) is 11.2 Å². The number of fused-ring (bicyclic) bond motifs is 2. The SMILES string of the molecule is C1=C(c2ccc3nccn3n2)c2cnc(NC3CCOCC3)nc2C1. The van der Waals surface area contributed by atoms with Gasteiger partial charge in [-0.2, -0.15) is 5.10 Å². The number of allylic oxidation sites excluding steroid dienone is 1. The van der Waals surface area contributed by atoms with Crippen molar-refractivity contribution in [2.24, 2.45) is 0 Å². The molecule has 2 aliphatic rings. The van der Waals surface area contributed by atoms with Crippen LogP contribution in [0.3, 0.4) is 0 Å². The lowest BCUT2D eigenvalue weighted by Crippen LogP contribution is -2.28. The monoisotopic (exact) mass is 334 g/mol. The second-order valence-corrected chi connectivity index (χ2v) is 6.36. The van der Waals surface area contributed by atoms with E-state index in [1.807, 2.05) is 24.5 Å². The summed E-state index contributed by atoms with van der Waals surface area (Å²) in [6.07, 6.45) is 10.5. The molecule has 1 fully saturated rings. The normalized spacial score (nSPS) is 17.5. The van der Waals surface area contributed by atoms with Crippen molar-refractivity contribution in [3.8, 4) is 0 Å². The molecule has 3 aromatic rings. The number of nitrogens with zero attached hydrogens (tertiary/aromatic N) is 5. The number of ether oxygens (including phenoxy) is 1. The molecule has 0 atom stereocenters. The summed E-state index contributed by atoms with van der Waals surface area (Å²) >= 11 is 0. The Balaban J connectivity index is 1.41. The third kappa shape index (κ3) is 2.66. The maximum Gasteiger partial charge on any atom is 0.223 e. The molecular formula is C18H18N6O. The van der Waals surface area contributed by atoms with E-state index in [1.54, 1.807) is 10.7 Å². The Kier molecular flexibility index (Phi) is 3.45. The molecule has 126 valence electrons. The Labute approximate surface area is 144 Å². The van der Waals surface area contributed by atoms with E-state index in [4.69, 9.17) is 9.72 Å². The van der Waals surface area contributed by atoms with Crippen molar-refractivity contribution in [1.82, 2.24) is 24.6 Å². The van der Waals surface area contributed by atoms with Gasteiger partial charge in [-0.1, -0.05) is 6.08 Å². The zero-order chi connectivity index (χ0) is 16.6. The molecule has 0 unspecified atom stereocenters. The van der Waals surface area contributed by atoms with Crippen LogP contribution < -0.4 is 5.32 Å². The van der Waals surface area contributed by atoms with Crippen LogP contribution in [0.15, 0.2) is 36.8 Å². The van der Waals surface area contributed by atoms with Gasteiger partial charge in [0.15, 0.2) is 5.65 Å². The molecule has 7 nitrogen and oxygen atoms in total. The molecule has 25 heavy (non-hydrogen) atoms. The van der Waals surface area contributed by atoms with E-state index >= 15 is 0 Å². The molecule has 0 aromatic carbocycles. The molecule has 7 heteroatoms. The van der Waals surface area contributed by atoms with Crippen LogP contribution in [0.2, 0.25) is 0 Å². The van der Waals surface area contributed by atoms with Gasteiger partial charge in [-0.05, 0) is 25.0 Å². The first kappa shape index (κ1) is 14.5. The number of anilines is 1. The first-order valence-corrected chi connectivity index (χ1v) is 8.58. The molecule has 0 spiro atoms. The lowest BCUT2D eigenvalue weighted by molar-refractivity contribution is 0.0903. The van der Waals surface area contributed by atoms with Gasteiger partial charge in [-0.25, -0.2) is 19.5 Å². The van der Waals surface area contributed by atoms with Crippen molar-refractivity contribution in [2.75, 3.05) is 18.5 Å². The maximum atomic E-state index is 5.40. The minimum atomic E-state index is 0.394. The van der Waals surface area contributed by atoms with Crippen LogP contribution >= 0.6 is 0 Å². The fourth-order valence-corrected chi connectivity index (χ4v) is 3.40. The van der Waals surface area contributed by atoms with E-state index in [0.717, 1.165) is 60.6 Å². The lowest BCUT2D eigenvalue weighted by atomic mass is 10.1. The van der Waals surface area contributed by atoms with Gasteiger partial charge >= 0.3 is 0 Å². The van der Waals surface area contributed by atoms with Crippen molar-refractivity contribution < 1.29 is 4.74 Å². The molecule has 1 aliphatic carbocycles. The third-order valence-corrected chi connectivity index (χ3v) is 4.74. The van der Waals surface area contributed by atoms with Crippen LogP contribution in [-0.4, -0.2) is 43.8 Å². The average Bonchev–Trinajstić information content (AvgIpc) is 3.28. The minimum Gasteiger partial charge on any atom is -0.381 e. The van der Waals surface area contributed by atoms with Crippen molar-refractivity contribution in [3.05, 3.63) is 53.8 Å². The number of aromatic nitrogens is 5. The molecule has 0 saturated carbocycles. The summed E-state index contributed by atoms with van der Waals surface area (Å²) in [5.74, 6) is 0.707. The summed E-state index contributed by atoms with van der Waals surface area (Å²) in [4.78, 5) is 13.5. The molecule has 1 aliphatic heterocycles. The first-order chi connectivity index (χ1) is 12.4. The van der Waals surface area contributed by atoms with Gasteiger partial charge in [0.05, 0.1) is 11.4 Å². The fraction of sp³-hybridized carbons (Fsp3) is 0.333. The molecular weight excluding hydrogens is 316 g/mol. The summed E-state index contributed by atoms with van der Waals surface area (Å²) in [6.45, 7) is 1.60. The standard InChI is InChI=1S/C18H18N6O/c1-2-15-14(11-20-18(22-15)21-12-5-9-25-10-6-12)13(1)16-3-4-17-19-7-8-24(17)23-16/h1,3-4,7-8,11-12H,2,5-6,9-10H2,(H,20,21,22). The smallest absolute Gasteiger partial charge is 0.223 e. The Bertz CT molecular complexity index is 957. The second-order valence-electron chi connectivity index (χ2n) is 6.36. The molecule has 1 saturated heterocycles. The average molecular weight is 334 g/mol. The lowest BCUT2D eigenvalue weighted by Gasteiger charge is -2.23. The van der Waals surface area contributed by atoms with Crippen LogP contribution in [0, 0.1) is 0 Å². The van der Waals surface area contributed by atoms with Gasteiger partial charge in [-0.15, -0.1) is 0 Å². The Hall–Kier alpha value is -2.80. The van der Waals surface area contributed by atoms with Gasteiger partial charge in [0.25, 0.3) is 0 Å². The van der Waals surface area contributed by atoms with E-state index in [0.29, 0.717) is 12.0 Å². The van der Waals surface area contributed by atoms with Gasteiger partial charge in [0, 0.05) is 55.4 Å². The highest BCUT2D eigenvalue weighted by Gasteiger charge is 2.21. The van der Waals surface area contributed by atoms with E-state index in [2.05, 4.69) is 26.5 Å². The molecule has 5 rings (SSSR count). The van der Waals surface area contributed by atoms with Gasteiger partial charge in [0.1, 0.15) is 0 Å². The molecule has 3 aromatic heterocycles. The summed E-state index contributed by atoms with van der Waals surface area (Å²) in [5, 5.41) is 8.07. The minimum absolute atomic E-state index is 0.394. The number of nitrogens with one attached hydrogen (secondary N) is 1. The molecule has 1 N–H and O–H groups in total. The Morgan fingerprint density at radius 2 is 2.08 bits per heavy atom. The topological polar surface area (TPSA) is 77.2 Å². The van der Waals surface area contributed by atoms with E-state index in [-0.39, 0.29) is 0 Å². The molecule has 0 radical (unpaired) electrons. The second kappa shape index (κ2) is 5.93. The molecule has 4 heterocycles. The predicted molar refractivity (Wildman–Crippen MR) is 93.3 cm³/mol. The summed E-state index contributed by atoms with van der Waals surface area (Å²) in [6, 6.07) is 4.37. The number of imidazole rings is 1. The summed E-state index contributed by atoms with van der Waals surface area (Å²) < 4.78 is 7.18. The Morgan fingerprint density at radius 3 is 3.00 bits per heavy atom. The molecule has 0 amide bonds. The first-order valence-electron chi connectivity index (χ1n) is 8.58. The maximum absolute atomic E-state index is 5.40. The predicted octanol–water partition coefficient (Wildman–Crippen LogP) is 2.10.